The summed E-state index contributed by atoms with van der Waals surface area (Å²) in [4.78, 5) is 55.9. The monoisotopic (exact) mass is 451 g/mol. The highest BCUT2D eigenvalue weighted by Gasteiger charge is 2.47. The molecule has 0 saturated carbocycles. The van der Waals surface area contributed by atoms with Gasteiger partial charge in [0.25, 0.3) is 11.8 Å². The lowest BCUT2D eigenvalue weighted by molar-refractivity contribution is -0.136. The molecule has 5 aliphatic heterocycles. The number of likely N-dealkylation sites (tertiary alicyclic amines) is 1. The van der Waals surface area contributed by atoms with E-state index in [1.165, 1.54) is 19.4 Å². The zero-order chi connectivity index (χ0) is 22.7. The van der Waals surface area contributed by atoms with E-state index >= 15 is 0 Å². The summed E-state index contributed by atoms with van der Waals surface area (Å²) in [5.41, 5.74) is 1.66. The van der Waals surface area contributed by atoms with E-state index in [0.717, 1.165) is 49.1 Å². The minimum atomic E-state index is -0.926. The van der Waals surface area contributed by atoms with E-state index in [9.17, 15) is 19.2 Å². The second kappa shape index (κ2) is 7.92. The zero-order valence-corrected chi connectivity index (χ0v) is 18.6. The lowest BCUT2D eigenvalue weighted by atomic mass is 9.97. The first-order chi connectivity index (χ1) is 16.0. The summed E-state index contributed by atoms with van der Waals surface area (Å²) in [6.45, 7) is 5.40. The van der Waals surface area contributed by atoms with Crippen molar-refractivity contribution in [2.45, 2.75) is 50.2 Å². The SMILES string of the molecule is O=C1CCC(N2C(=O)c3ccc(N4CC5CC4CN5CC4CCNCC4)cc3C2=O)C(=O)N1. The van der Waals surface area contributed by atoms with Crippen molar-refractivity contribution in [1.29, 1.82) is 0 Å². The Hall–Kier alpha value is -2.78. The van der Waals surface area contributed by atoms with Crippen LogP contribution in [0.3, 0.4) is 0 Å². The van der Waals surface area contributed by atoms with Gasteiger partial charge < -0.3 is 10.2 Å². The van der Waals surface area contributed by atoms with Crippen LogP contribution in [-0.2, 0) is 9.59 Å². The largest absolute Gasteiger partial charge is 0.366 e. The van der Waals surface area contributed by atoms with Crippen molar-refractivity contribution in [1.82, 2.24) is 20.4 Å². The van der Waals surface area contributed by atoms with Gasteiger partial charge in [-0.1, -0.05) is 0 Å². The van der Waals surface area contributed by atoms with Crippen molar-refractivity contribution < 1.29 is 19.2 Å². The first-order valence-electron chi connectivity index (χ1n) is 12.1. The number of rotatable bonds is 4. The maximum Gasteiger partial charge on any atom is 0.262 e. The molecule has 5 aliphatic rings. The molecule has 2 N–H and O–H groups in total. The van der Waals surface area contributed by atoms with Gasteiger partial charge in [-0.3, -0.25) is 34.3 Å². The second-order valence-electron chi connectivity index (χ2n) is 10.0. The molecule has 1 aromatic rings. The molecule has 9 nitrogen and oxygen atoms in total. The molecule has 3 unspecified atom stereocenters. The Kier molecular flexibility index (Phi) is 4.99. The van der Waals surface area contributed by atoms with Crippen LogP contribution in [0, 0.1) is 5.92 Å². The van der Waals surface area contributed by atoms with Gasteiger partial charge >= 0.3 is 0 Å². The Balaban J connectivity index is 1.17. The Labute approximate surface area is 192 Å². The number of amides is 4. The van der Waals surface area contributed by atoms with Crippen LogP contribution in [0.5, 0.6) is 0 Å². The van der Waals surface area contributed by atoms with E-state index in [4.69, 9.17) is 0 Å². The molecule has 9 heteroatoms. The molecule has 0 aliphatic carbocycles. The third-order valence-electron chi connectivity index (χ3n) is 8.06. The fraction of sp³-hybridized carbons (Fsp3) is 0.583. The number of carbonyl (C=O) groups excluding carboxylic acids is 4. The molecule has 0 radical (unpaired) electrons. The molecular formula is C24H29N5O4. The Morgan fingerprint density at radius 2 is 1.70 bits per heavy atom. The van der Waals surface area contributed by atoms with Crippen LogP contribution in [0.2, 0.25) is 0 Å². The summed E-state index contributed by atoms with van der Waals surface area (Å²) in [6, 6.07) is 5.50. The molecule has 1 aromatic carbocycles. The van der Waals surface area contributed by atoms with Crippen molar-refractivity contribution in [3.8, 4) is 0 Å². The minimum Gasteiger partial charge on any atom is -0.366 e. The molecule has 5 heterocycles. The van der Waals surface area contributed by atoms with Gasteiger partial charge in [-0.2, -0.15) is 0 Å². The summed E-state index contributed by atoms with van der Waals surface area (Å²) in [7, 11) is 0. The highest BCUT2D eigenvalue weighted by Crippen LogP contribution is 2.38. The molecule has 3 atom stereocenters. The molecule has 4 fully saturated rings. The van der Waals surface area contributed by atoms with Crippen molar-refractivity contribution in [2.24, 2.45) is 5.92 Å². The van der Waals surface area contributed by atoms with Crippen molar-refractivity contribution in [3.63, 3.8) is 0 Å². The zero-order valence-electron chi connectivity index (χ0n) is 18.6. The Bertz CT molecular complexity index is 1040. The first-order valence-corrected chi connectivity index (χ1v) is 12.1. The summed E-state index contributed by atoms with van der Waals surface area (Å²) in [5.74, 6) is -1.06. The van der Waals surface area contributed by atoms with Crippen molar-refractivity contribution >= 4 is 29.3 Å². The van der Waals surface area contributed by atoms with Gasteiger partial charge in [-0.15, -0.1) is 0 Å². The van der Waals surface area contributed by atoms with Gasteiger partial charge in [-0.25, -0.2) is 0 Å². The van der Waals surface area contributed by atoms with E-state index in [0.29, 0.717) is 23.2 Å². The summed E-state index contributed by atoms with van der Waals surface area (Å²) in [6.07, 6.45) is 3.94. The first kappa shape index (κ1) is 20.8. The van der Waals surface area contributed by atoms with Crippen LogP contribution in [0.15, 0.2) is 18.2 Å². The quantitative estimate of drug-likeness (QED) is 0.637. The number of piperazine rings is 1. The topological polar surface area (TPSA) is 102 Å². The summed E-state index contributed by atoms with van der Waals surface area (Å²) < 4.78 is 0. The summed E-state index contributed by atoms with van der Waals surface area (Å²) in [5, 5.41) is 5.68. The molecule has 6 rings (SSSR count). The van der Waals surface area contributed by atoms with Crippen LogP contribution >= 0.6 is 0 Å². The molecule has 2 bridgehead atoms. The lowest BCUT2D eigenvalue weighted by Crippen LogP contribution is -2.54. The number of nitrogens with zero attached hydrogens (tertiary/aromatic N) is 3. The van der Waals surface area contributed by atoms with Gasteiger partial charge in [0.15, 0.2) is 0 Å². The molecular weight excluding hydrogens is 422 g/mol. The average molecular weight is 452 g/mol. The molecule has 4 amide bonds. The lowest BCUT2D eigenvalue weighted by Gasteiger charge is -2.38. The van der Waals surface area contributed by atoms with E-state index in [1.807, 2.05) is 12.1 Å². The Morgan fingerprint density at radius 3 is 2.42 bits per heavy atom. The minimum absolute atomic E-state index is 0.125. The molecule has 0 aromatic heterocycles. The van der Waals surface area contributed by atoms with E-state index in [2.05, 4.69) is 20.4 Å². The van der Waals surface area contributed by atoms with Crippen LogP contribution in [0.4, 0.5) is 5.69 Å². The van der Waals surface area contributed by atoms with E-state index in [1.54, 1.807) is 6.07 Å². The maximum absolute atomic E-state index is 13.1. The fourth-order valence-electron chi connectivity index (χ4n) is 6.32. The normalized spacial score (nSPS) is 30.4. The predicted octanol–water partition coefficient (Wildman–Crippen LogP) is 0.350. The number of hydrogen-bond acceptors (Lipinski definition) is 7. The number of piperidine rings is 2. The maximum atomic E-state index is 13.1. The number of anilines is 1. The predicted molar refractivity (Wildman–Crippen MR) is 120 cm³/mol. The van der Waals surface area contributed by atoms with Gasteiger partial charge in [0.2, 0.25) is 11.8 Å². The van der Waals surface area contributed by atoms with Gasteiger partial charge in [0.05, 0.1) is 11.1 Å². The van der Waals surface area contributed by atoms with E-state index < -0.39 is 23.8 Å². The van der Waals surface area contributed by atoms with Gasteiger partial charge in [0.1, 0.15) is 6.04 Å². The molecule has 174 valence electrons. The Morgan fingerprint density at radius 1 is 0.909 bits per heavy atom. The smallest absolute Gasteiger partial charge is 0.262 e. The number of benzene rings is 1. The second-order valence-corrected chi connectivity index (χ2v) is 10.0. The number of imide groups is 2. The van der Waals surface area contributed by atoms with Crippen molar-refractivity contribution in [3.05, 3.63) is 29.3 Å². The van der Waals surface area contributed by atoms with Crippen molar-refractivity contribution in [2.75, 3.05) is 37.6 Å². The number of nitrogens with one attached hydrogen (secondary N) is 2. The van der Waals surface area contributed by atoms with Gasteiger partial charge in [-0.05, 0) is 62.9 Å². The molecule has 4 saturated heterocycles. The van der Waals surface area contributed by atoms with Crippen LogP contribution < -0.4 is 15.5 Å². The fourth-order valence-corrected chi connectivity index (χ4v) is 6.32. The van der Waals surface area contributed by atoms with Crippen LogP contribution in [-0.4, -0.2) is 84.3 Å². The highest BCUT2D eigenvalue weighted by atomic mass is 16.2. The van der Waals surface area contributed by atoms with Crippen LogP contribution in [0.1, 0.15) is 52.8 Å². The van der Waals surface area contributed by atoms with Gasteiger partial charge in [0, 0.05) is 43.8 Å². The standard InChI is InChI=1S/C24H29N5O4/c30-21-4-3-20(22(31)26-21)29-23(32)18-2-1-15(10-19(18)24(29)33)28-13-16-9-17(28)12-27(16)11-14-5-7-25-8-6-14/h1-2,10,14,16-17,20,25H,3-9,11-13H2,(H,26,30,31). The molecule has 0 spiro atoms. The number of hydrogen-bond donors (Lipinski definition) is 2. The van der Waals surface area contributed by atoms with E-state index in [-0.39, 0.29) is 18.7 Å². The third-order valence-corrected chi connectivity index (χ3v) is 8.06. The third kappa shape index (κ3) is 3.45. The number of fused-ring (bicyclic) bond motifs is 3. The van der Waals surface area contributed by atoms with Crippen LogP contribution in [0.25, 0.3) is 0 Å². The average Bonchev–Trinajstić information content (AvgIpc) is 3.47. The highest BCUT2D eigenvalue weighted by molar-refractivity contribution is 6.23. The number of carbonyl (C=O) groups is 4. The molecule has 33 heavy (non-hydrogen) atoms. The summed E-state index contributed by atoms with van der Waals surface area (Å²) >= 11 is 0.